The largest absolute Gasteiger partial charge is 0.416 e. The van der Waals surface area contributed by atoms with Crippen LogP contribution < -0.4 is 10.6 Å². The highest BCUT2D eigenvalue weighted by molar-refractivity contribution is 9.10. The molecule has 0 radical (unpaired) electrons. The zero-order valence-electron chi connectivity index (χ0n) is 25.2. The molecule has 2 aromatic heterocycles. The van der Waals surface area contributed by atoms with Gasteiger partial charge in [-0.1, -0.05) is 32.9 Å². The standard InChI is InChI=1S/C30H39BrFN5O3SSi/c1-29(2,3)42(6,7)40-15-12-20-17-24(41-23(20)16-19-8-10-21(32)11-9-19)25-22(31)18-34-27(35-25)33-13-14-37-26(38)30(4,5)36-28(37)39/h8-11,17-18H,12-16H2,1-7H3,(H,36,39)(H,33,34,35). The minimum absolute atomic E-state index is 0.126. The van der Waals surface area contributed by atoms with Crippen molar-refractivity contribution in [3.63, 3.8) is 0 Å². The first-order chi connectivity index (χ1) is 19.6. The molecule has 2 N–H and O–H groups in total. The number of carbonyl (C=O) groups excluding carboxylic acids is 2. The number of hydrogen-bond donors (Lipinski definition) is 2. The summed E-state index contributed by atoms with van der Waals surface area (Å²) in [6.45, 7) is 15.7. The fourth-order valence-electron chi connectivity index (χ4n) is 4.29. The molecule has 12 heteroatoms. The van der Waals surface area contributed by atoms with Crippen molar-refractivity contribution in [2.45, 2.75) is 71.1 Å². The van der Waals surface area contributed by atoms with Crippen LogP contribution in [0.4, 0.5) is 15.1 Å². The van der Waals surface area contributed by atoms with Crippen molar-refractivity contribution < 1.29 is 18.4 Å². The van der Waals surface area contributed by atoms with Gasteiger partial charge in [-0.3, -0.25) is 9.69 Å². The number of halogens is 2. The average molecular weight is 677 g/mol. The zero-order valence-corrected chi connectivity index (χ0v) is 28.6. The first kappa shape index (κ1) is 32.2. The molecule has 8 nitrogen and oxygen atoms in total. The van der Waals surface area contributed by atoms with Crippen LogP contribution >= 0.6 is 27.3 Å². The van der Waals surface area contributed by atoms with Crippen molar-refractivity contribution in [1.29, 1.82) is 0 Å². The lowest BCUT2D eigenvalue weighted by Gasteiger charge is -2.36. The number of hydrogen-bond acceptors (Lipinski definition) is 7. The third-order valence-electron chi connectivity index (χ3n) is 7.86. The minimum atomic E-state index is -1.89. The van der Waals surface area contributed by atoms with Gasteiger partial charge < -0.3 is 15.1 Å². The predicted octanol–water partition coefficient (Wildman–Crippen LogP) is 7.00. The van der Waals surface area contributed by atoms with Gasteiger partial charge in [-0.2, -0.15) is 0 Å². The van der Waals surface area contributed by atoms with Crippen molar-refractivity contribution >= 4 is 53.5 Å². The van der Waals surface area contributed by atoms with Gasteiger partial charge in [0.25, 0.3) is 5.91 Å². The maximum absolute atomic E-state index is 13.6. The van der Waals surface area contributed by atoms with Gasteiger partial charge >= 0.3 is 6.03 Å². The number of carbonyl (C=O) groups is 2. The number of urea groups is 1. The summed E-state index contributed by atoms with van der Waals surface area (Å²) in [6, 6.07) is 8.37. The molecule has 3 amide bonds. The maximum atomic E-state index is 13.6. The van der Waals surface area contributed by atoms with Gasteiger partial charge in [0.05, 0.1) is 15.0 Å². The summed E-state index contributed by atoms with van der Waals surface area (Å²) in [6.07, 6.45) is 3.13. The summed E-state index contributed by atoms with van der Waals surface area (Å²) < 4.78 is 20.8. The third kappa shape index (κ3) is 7.45. The molecule has 0 spiro atoms. The van der Waals surface area contributed by atoms with Crippen LogP contribution in [0.2, 0.25) is 18.1 Å². The second-order valence-corrected chi connectivity index (χ2v) is 19.4. The predicted molar refractivity (Wildman–Crippen MR) is 172 cm³/mol. The van der Waals surface area contributed by atoms with Crippen LogP contribution in [0.5, 0.6) is 0 Å². The Morgan fingerprint density at radius 2 is 1.88 bits per heavy atom. The molecule has 0 aliphatic carbocycles. The van der Waals surface area contributed by atoms with Crippen LogP contribution in [0.1, 0.15) is 50.6 Å². The molecular weight excluding hydrogens is 637 g/mol. The quantitative estimate of drug-likeness (QED) is 0.168. The molecule has 1 saturated heterocycles. The van der Waals surface area contributed by atoms with Gasteiger partial charge in [0.1, 0.15) is 11.4 Å². The van der Waals surface area contributed by atoms with Crippen molar-refractivity contribution in [3.8, 4) is 10.6 Å². The summed E-state index contributed by atoms with van der Waals surface area (Å²) in [5.74, 6) is -0.114. The Labute approximate surface area is 260 Å². The molecule has 3 aromatic rings. The second-order valence-electron chi connectivity index (χ2n) is 12.5. The number of aromatic nitrogens is 2. The number of nitrogens with zero attached hydrogens (tertiary/aromatic N) is 3. The number of amides is 3. The Bertz CT molecular complexity index is 1460. The molecule has 226 valence electrons. The summed E-state index contributed by atoms with van der Waals surface area (Å²) >= 11 is 5.26. The molecule has 0 bridgehead atoms. The molecule has 0 unspecified atom stereocenters. The molecular formula is C30H39BrFN5O3SSi. The van der Waals surface area contributed by atoms with Gasteiger partial charge in [0.15, 0.2) is 8.32 Å². The van der Waals surface area contributed by atoms with E-state index in [1.165, 1.54) is 27.5 Å². The lowest BCUT2D eigenvalue weighted by Crippen LogP contribution is -2.41. The molecule has 0 atom stereocenters. The van der Waals surface area contributed by atoms with Crippen molar-refractivity contribution in [2.24, 2.45) is 0 Å². The van der Waals surface area contributed by atoms with Crippen LogP contribution in [0.3, 0.4) is 0 Å². The van der Waals surface area contributed by atoms with E-state index < -0.39 is 19.9 Å². The van der Waals surface area contributed by atoms with Gasteiger partial charge in [0.2, 0.25) is 5.95 Å². The van der Waals surface area contributed by atoms with Crippen LogP contribution in [0.25, 0.3) is 10.6 Å². The molecule has 1 aromatic carbocycles. The van der Waals surface area contributed by atoms with E-state index >= 15 is 0 Å². The summed E-state index contributed by atoms with van der Waals surface area (Å²) in [7, 11) is -1.89. The van der Waals surface area contributed by atoms with Crippen LogP contribution in [-0.2, 0) is 22.1 Å². The molecule has 4 rings (SSSR count). The highest BCUT2D eigenvalue weighted by Gasteiger charge is 2.43. The first-order valence-electron chi connectivity index (χ1n) is 14.0. The first-order valence-corrected chi connectivity index (χ1v) is 18.5. The van der Waals surface area contributed by atoms with Crippen LogP contribution in [-0.4, -0.2) is 60.4 Å². The normalized spacial score (nSPS) is 15.3. The van der Waals surface area contributed by atoms with Gasteiger partial charge in [0, 0.05) is 37.2 Å². The molecule has 3 heterocycles. The van der Waals surface area contributed by atoms with E-state index in [-0.39, 0.29) is 23.3 Å². The maximum Gasteiger partial charge on any atom is 0.325 e. The third-order valence-corrected chi connectivity index (χ3v) is 14.2. The Kier molecular flexibility index (Phi) is 9.61. The smallest absolute Gasteiger partial charge is 0.325 e. The minimum Gasteiger partial charge on any atom is -0.416 e. The SMILES string of the molecule is CC1(C)NC(=O)N(CCNc2ncc(Br)c(-c3cc(CCO[Si](C)(C)C(C)(C)C)c(Cc4ccc(F)cc4)s3)n2)C1=O. The van der Waals surface area contributed by atoms with Gasteiger partial charge in [-0.25, -0.2) is 19.2 Å². The van der Waals surface area contributed by atoms with E-state index in [9.17, 15) is 14.0 Å². The van der Waals surface area contributed by atoms with Crippen molar-refractivity contribution in [3.05, 3.63) is 62.8 Å². The summed E-state index contributed by atoms with van der Waals surface area (Å²) in [4.78, 5) is 37.2. The fraction of sp³-hybridized carbons (Fsp3) is 0.467. The van der Waals surface area contributed by atoms with E-state index in [4.69, 9.17) is 9.41 Å². The van der Waals surface area contributed by atoms with E-state index in [0.717, 1.165) is 27.0 Å². The highest BCUT2D eigenvalue weighted by Crippen LogP contribution is 2.38. The average Bonchev–Trinajstić information content (AvgIpc) is 3.37. The lowest BCUT2D eigenvalue weighted by atomic mass is 10.1. The summed E-state index contributed by atoms with van der Waals surface area (Å²) in [5, 5.41) is 5.96. The molecule has 42 heavy (non-hydrogen) atoms. The number of anilines is 1. The van der Waals surface area contributed by atoms with Gasteiger partial charge in [-0.15, -0.1) is 11.3 Å². The highest BCUT2D eigenvalue weighted by atomic mass is 79.9. The van der Waals surface area contributed by atoms with Crippen LogP contribution in [0.15, 0.2) is 41.0 Å². The van der Waals surface area contributed by atoms with Crippen LogP contribution in [0, 0.1) is 5.82 Å². The fourth-order valence-corrected chi connectivity index (χ4v) is 7.12. The number of benzene rings is 1. The Morgan fingerprint density at radius 1 is 1.19 bits per heavy atom. The van der Waals surface area contributed by atoms with E-state index in [1.54, 1.807) is 31.4 Å². The zero-order chi connectivity index (χ0) is 30.9. The van der Waals surface area contributed by atoms with E-state index in [1.807, 2.05) is 12.1 Å². The Balaban J connectivity index is 1.53. The molecule has 1 aliphatic rings. The topological polar surface area (TPSA) is 96.5 Å². The molecule has 1 aliphatic heterocycles. The number of imide groups is 1. The molecule has 0 saturated carbocycles. The number of thiophene rings is 1. The van der Waals surface area contributed by atoms with E-state index in [2.05, 4.69) is 71.5 Å². The Morgan fingerprint density at radius 3 is 2.50 bits per heavy atom. The van der Waals surface area contributed by atoms with E-state index in [0.29, 0.717) is 25.5 Å². The Hall–Kier alpha value is -2.67. The van der Waals surface area contributed by atoms with Gasteiger partial charge in [-0.05, 0) is 83.7 Å². The number of nitrogens with one attached hydrogen (secondary N) is 2. The van der Waals surface area contributed by atoms with Crippen molar-refractivity contribution in [2.75, 3.05) is 25.0 Å². The second kappa shape index (κ2) is 12.5. The summed E-state index contributed by atoms with van der Waals surface area (Å²) in [5.41, 5.74) is 2.05. The number of rotatable bonds is 11. The monoisotopic (exact) mass is 675 g/mol. The van der Waals surface area contributed by atoms with Crippen molar-refractivity contribution in [1.82, 2.24) is 20.2 Å². The molecule has 1 fully saturated rings. The lowest BCUT2D eigenvalue weighted by molar-refractivity contribution is -0.130.